The molecule has 0 saturated carbocycles. The van der Waals surface area contributed by atoms with E-state index in [-0.39, 0.29) is 28.7 Å². The summed E-state index contributed by atoms with van der Waals surface area (Å²) in [5, 5.41) is -0.0645. The Morgan fingerprint density at radius 2 is 1.94 bits per heavy atom. The van der Waals surface area contributed by atoms with Gasteiger partial charge in [-0.1, -0.05) is 0 Å². The van der Waals surface area contributed by atoms with Crippen LogP contribution in [0.5, 0.6) is 11.6 Å². The number of ether oxygens (including phenoxy) is 2. The Labute approximate surface area is 191 Å². The highest BCUT2D eigenvalue weighted by Gasteiger charge is 2.20. The number of carbonyl (C=O) groups is 1. The van der Waals surface area contributed by atoms with E-state index < -0.39 is 9.84 Å². The van der Waals surface area contributed by atoms with Gasteiger partial charge >= 0.3 is 0 Å². The minimum absolute atomic E-state index is 0.0219. The molecule has 0 aromatic carbocycles. The van der Waals surface area contributed by atoms with Crippen molar-refractivity contribution in [3.05, 3.63) is 53.9 Å². The number of aromatic amines is 1. The van der Waals surface area contributed by atoms with Crippen molar-refractivity contribution in [2.75, 3.05) is 26.9 Å². The first-order valence-electron chi connectivity index (χ1n) is 10.1. The maximum absolute atomic E-state index is 12.7. The highest BCUT2D eigenvalue weighted by molar-refractivity contribution is 7.90. The quantitative estimate of drug-likeness (QED) is 0.588. The van der Waals surface area contributed by atoms with Crippen molar-refractivity contribution in [1.29, 1.82) is 0 Å². The minimum Gasteiger partial charge on any atom is -0.471 e. The van der Waals surface area contributed by atoms with E-state index in [9.17, 15) is 13.2 Å². The van der Waals surface area contributed by atoms with Gasteiger partial charge in [-0.25, -0.2) is 23.4 Å². The molecule has 0 radical (unpaired) electrons. The molecule has 3 aromatic rings. The summed E-state index contributed by atoms with van der Waals surface area (Å²) in [6.45, 7) is 2.54. The van der Waals surface area contributed by atoms with Gasteiger partial charge in [0.1, 0.15) is 17.5 Å². The largest absolute Gasteiger partial charge is 0.471 e. The summed E-state index contributed by atoms with van der Waals surface area (Å²) >= 11 is 0. The molecule has 1 amide bonds. The fourth-order valence-electron chi connectivity index (χ4n) is 3.14. The lowest BCUT2D eigenvalue weighted by Gasteiger charge is -2.13. The van der Waals surface area contributed by atoms with Crippen LogP contribution in [-0.2, 0) is 14.6 Å². The molecule has 11 heteroatoms. The van der Waals surface area contributed by atoms with E-state index in [2.05, 4.69) is 19.9 Å². The van der Waals surface area contributed by atoms with Crippen molar-refractivity contribution >= 4 is 21.6 Å². The molecule has 0 unspecified atom stereocenters. The number of aliphatic imine (C=N–C) groups is 1. The molecule has 4 rings (SSSR count). The Bertz CT molecular complexity index is 1330. The van der Waals surface area contributed by atoms with Gasteiger partial charge in [-0.15, -0.1) is 0 Å². The molecule has 10 nitrogen and oxygen atoms in total. The maximum atomic E-state index is 12.7. The molecular weight excluding hydrogens is 446 g/mol. The summed E-state index contributed by atoms with van der Waals surface area (Å²) in [7, 11) is -0.121. The van der Waals surface area contributed by atoms with E-state index in [4.69, 9.17) is 9.47 Å². The van der Waals surface area contributed by atoms with E-state index in [0.29, 0.717) is 35.1 Å². The second-order valence-corrected chi connectivity index (χ2v) is 9.81. The Morgan fingerprint density at radius 1 is 1.18 bits per heavy atom. The molecule has 3 aromatic heterocycles. The van der Waals surface area contributed by atoms with E-state index >= 15 is 0 Å². The third kappa shape index (κ3) is 5.03. The number of hydrogen-bond acceptors (Lipinski definition) is 8. The molecular formula is C22H23N5O5S. The molecule has 33 heavy (non-hydrogen) atoms. The second-order valence-electron chi connectivity index (χ2n) is 7.85. The van der Waals surface area contributed by atoms with Gasteiger partial charge in [-0.3, -0.25) is 4.79 Å². The monoisotopic (exact) mass is 469 g/mol. The van der Waals surface area contributed by atoms with Crippen LogP contribution in [0.3, 0.4) is 0 Å². The van der Waals surface area contributed by atoms with Crippen molar-refractivity contribution in [2.45, 2.75) is 18.1 Å². The van der Waals surface area contributed by atoms with Gasteiger partial charge in [0, 0.05) is 32.0 Å². The molecule has 1 N–H and O–H groups in total. The van der Waals surface area contributed by atoms with E-state index in [0.717, 1.165) is 6.26 Å². The number of nitrogens with one attached hydrogen (secondary N) is 1. The number of pyridine rings is 2. The molecule has 0 spiro atoms. The number of sulfone groups is 1. The number of carbonyl (C=O) groups excluding carboxylic acids is 1. The van der Waals surface area contributed by atoms with Crippen LogP contribution in [0.2, 0.25) is 0 Å². The Morgan fingerprint density at radius 3 is 2.55 bits per heavy atom. The first-order chi connectivity index (χ1) is 15.6. The zero-order valence-corrected chi connectivity index (χ0v) is 19.4. The van der Waals surface area contributed by atoms with Crippen LogP contribution in [0.25, 0.3) is 11.4 Å². The number of hydrogen-bond donors (Lipinski definition) is 1. The fourth-order valence-corrected chi connectivity index (χ4v) is 3.70. The summed E-state index contributed by atoms with van der Waals surface area (Å²) in [4.78, 5) is 30.1. The van der Waals surface area contributed by atoms with Crippen molar-refractivity contribution in [1.82, 2.24) is 19.9 Å². The number of nitrogens with zero attached hydrogens (tertiary/aromatic N) is 4. The van der Waals surface area contributed by atoms with Crippen molar-refractivity contribution < 1.29 is 22.7 Å². The summed E-state index contributed by atoms with van der Waals surface area (Å²) in [6, 6.07) is 9.67. The predicted octanol–water partition coefficient (Wildman–Crippen LogP) is 2.53. The normalized spacial score (nSPS) is 15.6. The third-order valence-corrected chi connectivity index (χ3v) is 5.76. The summed E-state index contributed by atoms with van der Waals surface area (Å²) < 4.78 is 34.7. The van der Waals surface area contributed by atoms with Gasteiger partial charge in [-0.2, -0.15) is 0 Å². The topological polar surface area (TPSA) is 127 Å². The Balaban J connectivity index is 1.68. The van der Waals surface area contributed by atoms with Crippen LogP contribution >= 0.6 is 0 Å². The third-order valence-electron chi connectivity index (χ3n) is 4.76. The van der Waals surface area contributed by atoms with Crippen LogP contribution in [0.1, 0.15) is 23.0 Å². The first-order valence-corrected chi connectivity index (χ1v) is 12.0. The van der Waals surface area contributed by atoms with E-state index in [1.54, 1.807) is 20.2 Å². The zero-order chi connectivity index (χ0) is 23.8. The van der Waals surface area contributed by atoms with Crippen LogP contribution in [-0.4, -0.2) is 73.1 Å². The van der Waals surface area contributed by atoms with Crippen molar-refractivity contribution in [3.63, 3.8) is 0 Å². The Hall–Kier alpha value is -3.73. The summed E-state index contributed by atoms with van der Waals surface area (Å²) in [5.41, 5.74) is 2.22. The number of rotatable bonds is 6. The van der Waals surface area contributed by atoms with Crippen LogP contribution in [0, 0.1) is 0 Å². The van der Waals surface area contributed by atoms with E-state index in [1.807, 2.05) is 19.1 Å². The molecule has 0 aliphatic carbocycles. The minimum atomic E-state index is -3.43. The van der Waals surface area contributed by atoms with Crippen LogP contribution in [0.4, 0.5) is 0 Å². The van der Waals surface area contributed by atoms with Gasteiger partial charge in [0.15, 0.2) is 14.9 Å². The molecule has 0 bridgehead atoms. The highest BCUT2D eigenvalue weighted by Crippen LogP contribution is 2.27. The van der Waals surface area contributed by atoms with Gasteiger partial charge in [0.25, 0.3) is 5.91 Å². The molecule has 1 atom stereocenters. The Kier molecular flexibility index (Phi) is 5.90. The SMILES string of the molecule is C[C@H]1CN=C(c2ccc(-c3cc(C(=O)N(C)C)cc(Oc4ccc(S(C)(=O)=O)nc4)n3)[nH]2)O1. The number of aromatic nitrogens is 3. The van der Waals surface area contributed by atoms with Gasteiger partial charge in [0.2, 0.25) is 11.8 Å². The fraction of sp³-hybridized carbons (Fsp3) is 0.273. The number of H-pyrrole nitrogens is 1. The number of amides is 1. The molecule has 4 heterocycles. The molecule has 0 saturated heterocycles. The lowest BCUT2D eigenvalue weighted by molar-refractivity contribution is 0.0827. The predicted molar refractivity (Wildman–Crippen MR) is 121 cm³/mol. The highest BCUT2D eigenvalue weighted by atomic mass is 32.2. The lowest BCUT2D eigenvalue weighted by Crippen LogP contribution is -2.21. The van der Waals surface area contributed by atoms with Gasteiger partial charge in [0.05, 0.1) is 24.1 Å². The lowest BCUT2D eigenvalue weighted by atomic mass is 10.1. The average Bonchev–Trinajstić information content (AvgIpc) is 3.42. The van der Waals surface area contributed by atoms with Gasteiger partial charge < -0.3 is 19.4 Å². The van der Waals surface area contributed by atoms with Gasteiger partial charge in [-0.05, 0) is 37.3 Å². The molecule has 1 aliphatic rings. The smallest absolute Gasteiger partial charge is 0.253 e. The molecule has 0 fully saturated rings. The molecule has 172 valence electrons. The second kappa shape index (κ2) is 8.66. The van der Waals surface area contributed by atoms with Crippen LogP contribution < -0.4 is 4.74 Å². The first kappa shape index (κ1) is 22.5. The van der Waals surface area contributed by atoms with Crippen molar-refractivity contribution in [2.24, 2.45) is 4.99 Å². The maximum Gasteiger partial charge on any atom is 0.253 e. The zero-order valence-electron chi connectivity index (χ0n) is 18.6. The standard InChI is InChI=1S/C22H23N5O5S/c1-13-11-24-21(31-13)17-7-6-16(25-17)18-9-14(22(28)27(2)3)10-19(26-18)32-15-5-8-20(23-12-15)33(4,29)30/h5-10,12-13,25H,11H2,1-4H3/t13-/m0/s1. The van der Waals surface area contributed by atoms with Crippen molar-refractivity contribution in [3.8, 4) is 23.0 Å². The van der Waals surface area contributed by atoms with E-state index in [1.165, 1.54) is 29.3 Å². The average molecular weight is 470 g/mol. The summed E-state index contributed by atoms with van der Waals surface area (Å²) in [5.74, 6) is 0.747. The van der Waals surface area contributed by atoms with Crippen LogP contribution in [0.15, 0.2) is 52.6 Å². The summed E-state index contributed by atoms with van der Waals surface area (Å²) in [6.07, 6.45) is 2.39. The molecule has 1 aliphatic heterocycles.